The Morgan fingerprint density at radius 3 is 2.47 bits per heavy atom. The summed E-state index contributed by atoms with van der Waals surface area (Å²) in [7, 11) is 2.06. The number of carbonyl (C=O) groups is 2. The molecule has 19 heavy (non-hydrogen) atoms. The summed E-state index contributed by atoms with van der Waals surface area (Å²) in [4.78, 5) is 24.4. The van der Waals surface area contributed by atoms with Gasteiger partial charge in [0.1, 0.15) is 0 Å². The second-order valence-corrected chi connectivity index (χ2v) is 5.04. The Kier molecular flexibility index (Phi) is 6.58. The summed E-state index contributed by atoms with van der Waals surface area (Å²) in [5.41, 5.74) is 2.79. The molecule has 1 atom stereocenters. The number of nitrogens with zero attached hydrogens (tertiary/aromatic N) is 2. The van der Waals surface area contributed by atoms with E-state index >= 15 is 0 Å². The van der Waals surface area contributed by atoms with E-state index < -0.39 is 5.97 Å². The molecule has 3 N–H and O–H groups in total. The van der Waals surface area contributed by atoms with E-state index in [-0.39, 0.29) is 11.9 Å². The van der Waals surface area contributed by atoms with Crippen molar-refractivity contribution in [3.05, 3.63) is 0 Å². The fourth-order valence-electron chi connectivity index (χ4n) is 1.84. The third kappa shape index (κ3) is 6.40. The lowest BCUT2D eigenvalue weighted by Crippen LogP contribution is -2.54. The Morgan fingerprint density at radius 1 is 1.26 bits per heavy atom. The van der Waals surface area contributed by atoms with Crippen LogP contribution >= 0.6 is 0 Å². The van der Waals surface area contributed by atoms with E-state index in [1.165, 1.54) is 0 Å². The number of hydrogen-bond acceptors (Lipinski definition) is 4. The number of piperazine rings is 1. The van der Waals surface area contributed by atoms with E-state index in [0.29, 0.717) is 19.4 Å². The van der Waals surface area contributed by atoms with Crippen molar-refractivity contribution in [3.8, 4) is 0 Å². The van der Waals surface area contributed by atoms with Gasteiger partial charge in [-0.25, -0.2) is 9.80 Å². The molecule has 1 saturated heterocycles. The van der Waals surface area contributed by atoms with E-state index in [0.717, 1.165) is 26.2 Å². The molecule has 1 unspecified atom stereocenters. The van der Waals surface area contributed by atoms with E-state index in [9.17, 15) is 9.59 Å². The smallest absolute Gasteiger partial charge is 0.329 e. The molecular weight excluding hydrogens is 248 g/mol. The highest BCUT2D eigenvalue weighted by Crippen LogP contribution is 2.04. The molecule has 1 aliphatic rings. The third-order valence-electron chi connectivity index (χ3n) is 3.28. The first-order valence-electron chi connectivity index (χ1n) is 6.70. The van der Waals surface area contributed by atoms with Crippen LogP contribution in [0.4, 0.5) is 4.79 Å². The van der Waals surface area contributed by atoms with Gasteiger partial charge in [0.05, 0.1) is 5.92 Å². The molecule has 0 saturated carbocycles. The Balaban J connectivity index is 2.06. The third-order valence-corrected chi connectivity index (χ3v) is 3.28. The molecular formula is C12H24N4O3. The number of carboxylic acid groups (broad SMARTS) is 1. The minimum absolute atomic E-state index is 0.215. The van der Waals surface area contributed by atoms with Gasteiger partial charge >= 0.3 is 12.0 Å². The van der Waals surface area contributed by atoms with Gasteiger partial charge in [-0.3, -0.25) is 10.2 Å². The van der Waals surface area contributed by atoms with Crippen LogP contribution in [0.15, 0.2) is 0 Å². The number of urea groups is 1. The minimum atomic E-state index is -0.790. The van der Waals surface area contributed by atoms with Crippen LogP contribution in [0, 0.1) is 5.92 Å². The summed E-state index contributed by atoms with van der Waals surface area (Å²) in [5.74, 6) is -1.15. The number of hydrazine groups is 1. The highest BCUT2D eigenvalue weighted by molar-refractivity contribution is 5.73. The minimum Gasteiger partial charge on any atom is -0.481 e. The molecule has 7 nitrogen and oxygen atoms in total. The monoisotopic (exact) mass is 272 g/mol. The maximum absolute atomic E-state index is 11.6. The van der Waals surface area contributed by atoms with Crippen LogP contribution in [-0.4, -0.2) is 66.8 Å². The average molecular weight is 272 g/mol. The first kappa shape index (κ1) is 15.7. The largest absolute Gasteiger partial charge is 0.481 e. The van der Waals surface area contributed by atoms with E-state index in [1.807, 2.05) is 5.01 Å². The first-order chi connectivity index (χ1) is 8.99. The zero-order valence-electron chi connectivity index (χ0n) is 11.7. The lowest BCUT2D eigenvalue weighted by Gasteiger charge is -2.32. The maximum atomic E-state index is 11.6. The van der Waals surface area contributed by atoms with E-state index in [4.69, 9.17) is 5.11 Å². The Labute approximate surface area is 113 Å². The van der Waals surface area contributed by atoms with Crippen LogP contribution in [0.5, 0.6) is 0 Å². The molecule has 0 aromatic carbocycles. The van der Waals surface area contributed by atoms with E-state index in [2.05, 4.69) is 22.7 Å². The van der Waals surface area contributed by atoms with Crippen molar-refractivity contribution in [2.24, 2.45) is 5.92 Å². The fourth-order valence-corrected chi connectivity index (χ4v) is 1.84. The summed E-state index contributed by atoms with van der Waals surface area (Å²) < 4.78 is 0. The zero-order chi connectivity index (χ0) is 14.3. The van der Waals surface area contributed by atoms with Crippen LogP contribution in [0.3, 0.4) is 0 Å². The van der Waals surface area contributed by atoms with Gasteiger partial charge in [-0.2, -0.15) is 0 Å². The SMILES string of the molecule is CC(CCCNC(=O)NN1CCN(C)CC1)C(=O)O. The van der Waals surface area contributed by atoms with Crippen LogP contribution < -0.4 is 10.7 Å². The summed E-state index contributed by atoms with van der Waals surface area (Å²) in [6, 6.07) is -0.215. The van der Waals surface area contributed by atoms with Gasteiger partial charge < -0.3 is 15.3 Å². The summed E-state index contributed by atoms with van der Waals surface area (Å²) >= 11 is 0. The summed E-state index contributed by atoms with van der Waals surface area (Å²) in [6.45, 7) is 5.69. The lowest BCUT2D eigenvalue weighted by atomic mass is 10.1. The molecule has 0 bridgehead atoms. The number of nitrogens with one attached hydrogen (secondary N) is 2. The van der Waals surface area contributed by atoms with Crippen molar-refractivity contribution in [2.75, 3.05) is 39.8 Å². The van der Waals surface area contributed by atoms with Crippen molar-refractivity contribution in [2.45, 2.75) is 19.8 Å². The molecule has 1 rings (SSSR count). The molecule has 110 valence electrons. The quantitative estimate of drug-likeness (QED) is 0.590. The fraction of sp³-hybridized carbons (Fsp3) is 0.833. The Morgan fingerprint density at radius 2 is 1.89 bits per heavy atom. The van der Waals surface area contributed by atoms with Crippen LogP contribution in [-0.2, 0) is 4.79 Å². The van der Waals surface area contributed by atoms with Gasteiger partial charge in [-0.1, -0.05) is 6.92 Å². The molecule has 2 amide bonds. The predicted molar refractivity (Wildman–Crippen MR) is 71.6 cm³/mol. The van der Waals surface area contributed by atoms with Crippen molar-refractivity contribution in [1.29, 1.82) is 0 Å². The number of rotatable bonds is 6. The number of carbonyl (C=O) groups excluding carboxylic acids is 1. The molecule has 0 radical (unpaired) electrons. The van der Waals surface area contributed by atoms with Gasteiger partial charge in [0, 0.05) is 32.7 Å². The lowest BCUT2D eigenvalue weighted by molar-refractivity contribution is -0.141. The van der Waals surface area contributed by atoms with Crippen molar-refractivity contribution in [1.82, 2.24) is 20.7 Å². The number of carboxylic acids is 1. The zero-order valence-corrected chi connectivity index (χ0v) is 11.7. The summed E-state index contributed by atoms with van der Waals surface area (Å²) in [5, 5.41) is 13.4. The molecule has 1 fully saturated rings. The molecule has 1 heterocycles. The van der Waals surface area contributed by atoms with Gasteiger partial charge in [0.15, 0.2) is 0 Å². The van der Waals surface area contributed by atoms with Crippen molar-refractivity contribution >= 4 is 12.0 Å². The second-order valence-electron chi connectivity index (χ2n) is 5.04. The highest BCUT2D eigenvalue weighted by atomic mass is 16.4. The topological polar surface area (TPSA) is 84.9 Å². The number of amides is 2. The van der Waals surface area contributed by atoms with E-state index in [1.54, 1.807) is 6.92 Å². The van der Waals surface area contributed by atoms with Crippen LogP contribution in [0.25, 0.3) is 0 Å². The molecule has 0 aromatic heterocycles. The van der Waals surface area contributed by atoms with Gasteiger partial charge in [-0.15, -0.1) is 0 Å². The number of hydrogen-bond donors (Lipinski definition) is 3. The predicted octanol–water partition coefficient (Wildman–Crippen LogP) is -0.0511. The molecule has 0 aromatic rings. The standard InChI is InChI=1S/C12H24N4O3/c1-10(11(17)18)4-3-5-13-12(19)14-16-8-6-15(2)7-9-16/h10H,3-9H2,1-2H3,(H,17,18)(H2,13,14,19). The van der Waals surface area contributed by atoms with Crippen molar-refractivity contribution in [3.63, 3.8) is 0 Å². The maximum Gasteiger partial charge on any atom is 0.329 e. The van der Waals surface area contributed by atoms with Gasteiger partial charge in [-0.05, 0) is 19.9 Å². The van der Waals surface area contributed by atoms with Gasteiger partial charge in [0.25, 0.3) is 0 Å². The first-order valence-corrected chi connectivity index (χ1v) is 6.70. The number of aliphatic carboxylic acids is 1. The number of likely N-dealkylation sites (N-methyl/N-ethyl adjacent to an activating group) is 1. The average Bonchev–Trinajstić information content (AvgIpc) is 2.37. The second kappa shape index (κ2) is 7.96. The molecule has 0 aliphatic carbocycles. The Bertz CT molecular complexity index is 303. The highest BCUT2D eigenvalue weighted by Gasteiger charge is 2.15. The molecule has 7 heteroatoms. The summed E-state index contributed by atoms with van der Waals surface area (Å²) in [6.07, 6.45) is 1.24. The Hall–Kier alpha value is -1.34. The normalized spacial score (nSPS) is 18.8. The van der Waals surface area contributed by atoms with Gasteiger partial charge in [0.2, 0.25) is 0 Å². The van der Waals surface area contributed by atoms with Crippen LogP contribution in [0.2, 0.25) is 0 Å². The van der Waals surface area contributed by atoms with Crippen molar-refractivity contribution < 1.29 is 14.7 Å². The molecule has 1 aliphatic heterocycles. The van der Waals surface area contributed by atoms with Crippen LogP contribution in [0.1, 0.15) is 19.8 Å². The molecule has 0 spiro atoms.